The van der Waals surface area contributed by atoms with Crippen LogP contribution >= 0.6 is 0 Å². The first-order valence-electron chi connectivity index (χ1n) is 6.05. The average molecular weight is 223 g/mol. The molecule has 0 radical (unpaired) electrons. The number of ether oxygens (including phenoxy) is 1. The topological polar surface area (TPSA) is 60.2 Å². The third-order valence-corrected chi connectivity index (χ3v) is 3.39. The Balaban J connectivity index is 1.71. The van der Waals surface area contributed by atoms with Gasteiger partial charge in [0.25, 0.3) is 0 Å². The van der Waals surface area contributed by atoms with E-state index in [0.717, 1.165) is 57.3 Å². The van der Waals surface area contributed by atoms with Crippen LogP contribution in [0.4, 0.5) is 0 Å². The number of nitrogens with one attached hydrogen (secondary N) is 1. The van der Waals surface area contributed by atoms with Crippen LogP contribution in [0.25, 0.3) is 0 Å². The SMILES string of the molecule is C1COCC(c2nc(C3CCNC3)no2)C1. The van der Waals surface area contributed by atoms with Gasteiger partial charge >= 0.3 is 0 Å². The summed E-state index contributed by atoms with van der Waals surface area (Å²) in [5, 5.41) is 7.40. The van der Waals surface area contributed by atoms with Crippen molar-refractivity contribution in [3.63, 3.8) is 0 Å². The zero-order valence-corrected chi connectivity index (χ0v) is 9.32. The summed E-state index contributed by atoms with van der Waals surface area (Å²) in [7, 11) is 0. The Labute approximate surface area is 94.6 Å². The highest BCUT2D eigenvalue weighted by Gasteiger charge is 2.26. The predicted octanol–water partition coefficient (Wildman–Crippen LogP) is 1.04. The van der Waals surface area contributed by atoms with Crippen LogP contribution in [0.2, 0.25) is 0 Å². The Kier molecular flexibility index (Phi) is 2.88. The molecular formula is C11H17N3O2. The Morgan fingerprint density at radius 3 is 3.00 bits per heavy atom. The first kappa shape index (κ1) is 10.2. The second-order valence-corrected chi connectivity index (χ2v) is 4.59. The molecule has 5 nitrogen and oxygen atoms in total. The van der Waals surface area contributed by atoms with Gasteiger partial charge < -0.3 is 14.6 Å². The quantitative estimate of drug-likeness (QED) is 0.811. The van der Waals surface area contributed by atoms with Gasteiger partial charge in [-0.25, -0.2) is 0 Å². The van der Waals surface area contributed by atoms with Gasteiger partial charge in [-0.2, -0.15) is 4.98 Å². The van der Waals surface area contributed by atoms with Gasteiger partial charge in [0.15, 0.2) is 5.82 Å². The molecule has 0 aromatic carbocycles. The molecule has 0 spiro atoms. The monoisotopic (exact) mass is 223 g/mol. The minimum Gasteiger partial charge on any atom is -0.381 e. The predicted molar refractivity (Wildman–Crippen MR) is 57.3 cm³/mol. The van der Waals surface area contributed by atoms with Crippen LogP contribution in [0, 0.1) is 0 Å². The van der Waals surface area contributed by atoms with E-state index in [1.807, 2.05) is 0 Å². The third kappa shape index (κ3) is 1.97. The van der Waals surface area contributed by atoms with Crippen molar-refractivity contribution in [2.24, 2.45) is 0 Å². The largest absolute Gasteiger partial charge is 0.381 e. The maximum Gasteiger partial charge on any atom is 0.232 e. The number of hydrogen-bond donors (Lipinski definition) is 1. The molecule has 2 atom stereocenters. The Hall–Kier alpha value is -0.940. The van der Waals surface area contributed by atoms with Crippen molar-refractivity contribution in [1.29, 1.82) is 0 Å². The summed E-state index contributed by atoms with van der Waals surface area (Å²) in [6.07, 6.45) is 3.30. The standard InChI is InChI=1S/C11H17N3O2/c1-2-9(7-15-5-1)11-13-10(14-16-11)8-3-4-12-6-8/h8-9,12H,1-7H2. The number of rotatable bonds is 2. The van der Waals surface area contributed by atoms with Crippen LogP contribution in [0.5, 0.6) is 0 Å². The van der Waals surface area contributed by atoms with Crippen LogP contribution < -0.4 is 5.32 Å². The molecule has 88 valence electrons. The highest BCUT2D eigenvalue weighted by molar-refractivity contribution is 5.02. The highest BCUT2D eigenvalue weighted by atomic mass is 16.5. The molecule has 2 aliphatic rings. The molecule has 0 aliphatic carbocycles. The molecule has 2 fully saturated rings. The van der Waals surface area contributed by atoms with E-state index in [2.05, 4.69) is 15.5 Å². The third-order valence-electron chi connectivity index (χ3n) is 3.39. The molecule has 3 heterocycles. The molecule has 0 amide bonds. The maximum atomic E-state index is 5.43. The van der Waals surface area contributed by atoms with Crippen molar-refractivity contribution in [3.05, 3.63) is 11.7 Å². The van der Waals surface area contributed by atoms with Gasteiger partial charge in [0.2, 0.25) is 5.89 Å². The van der Waals surface area contributed by atoms with Gasteiger partial charge in [-0.1, -0.05) is 5.16 Å². The highest BCUT2D eigenvalue weighted by Crippen LogP contribution is 2.26. The van der Waals surface area contributed by atoms with Crippen molar-refractivity contribution < 1.29 is 9.26 Å². The summed E-state index contributed by atoms with van der Waals surface area (Å²) >= 11 is 0. The summed E-state index contributed by atoms with van der Waals surface area (Å²) in [4.78, 5) is 4.52. The summed E-state index contributed by atoms with van der Waals surface area (Å²) in [6, 6.07) is 0. The number of aromatic nitrogens is 2. The number of hydrogen-bond acceptors (Lipinski definition) is 5. The van der Waals surface area contributed by atoms with E-state index in [0.29, 0.717) is 11.8 Å². The van der Waals surface area contributed by atoms with Crippen molar-refractivity contribution in [3.8, 4) is 0 Å². The fourth-order valence-electron chi connectivity index (χ4n) is 2.39. The summed E-state index contributed by atoms with van der Waals surface area (Å²) in [6.45, 7) is 3.62. The first-order chi connectivity index (χ1) is 7.93. The second-order valence-electron chi connectivity index (χ2n) is 4.59. The lowest BCUT2D eigenvalue weighted by Crippen LogP contribution is -2.16. The van der Waals surface area contributed by atoms with Gasteiger partial charge in [0.1, 0.15) is 0 Å². The molecule has 5 heteroatoms. The Morgan fingerprint density at radius 1 is 1.25 bits per heavy atom. The average Bonchev–Trinajstić information content (AvgIpc) is 3.01. The van der Waals surface area contributed by atoms with E-state index in [9.17, 15) is 0 Å². The normalized spacial score (nSPS) is 30.8. The Morgan fingerprint density at radius 2 is 2.25 bits per heavy atom. The van der Waals surface area contributed by atoms with Crippen molar-refractivity contribution in [1.82, 2.24) is 15.5 Å². The summed E-state index contributed by atoms with van der Waals surface area (Å²) in [5.41, 5.74) is 0. The van der Waals surface area contributed by atoms with Gasteiger partial charge in [-0.05, 0) is 25.8 Å². The van der Waals surface area contributed by atoms with E-state index in [4.69, 9.17) is 9.26 Å². The van der Waals surface area contributed by atoms with Crippen LogP contribution in [-0.4, -0.2) is 36.4 Å². The first-order valence-corrected chi connectivity index (χ1v) is 6.05. The van der Waals surface area contributed by atoms with Crippen molar-refractivity contribution in [2.45, 2.75) is 31.1 Å². The van der Waals surface area contributed by atoms with Crippen LogP contribution in [0.15, 0.2) is 4.52 Å². The van der Waals surface area contributed by atoms with Gasteiger partial charge in [0, 0.05) is 19.1 Å². The molecular weight excluding hydrogens is 206 g/mol. The maximum absolute atomic E-state index is 5.43. The van der Waals surface area contributed by atoms with Crippen molar-refractivity contribution >= 4 is 0 Å². The summed E-state index contributed by atoms with van der Waals surface area (Å²) < 4.78 is 10.8. The van der Waals surface area contributed by atoms with E-state index in [1.165, 1.54) is 0 Å². The molecule has 3 rings (SSSR count). The molecule has 2 saturated heterocycles. The van der Waals surface area contributed by atoms with E-state index in [-0.39, 0.29) is 0 Å². The van der Waals surface area contributed by atoms with E-state index >= 15 is 0 Å². The molecule has 1 aromatic heterocycles. The molecule has 0 bridgehead atoms. The van der Waals surface area contributed by atoms with Gasteiger partial charge in [-0.15, -0.1) is 0 Å². The molecule has 0 saturated carbocycles. The lowest BCUT2D eigenvalue weighted by molar-refractivity contribution is 0.0705. The zero-order chi connectivity index (χ0) is 10.8. The molecule has 2 aliphatic heterocycles. The molecule has 2 unspecified atom stereocenters. The minimum absolute atomic E-state index is 0.310. The minimum atomic E-state index is 0.310. The van der Waals surface area contributed by atoms with Gasteiger partial charge in [-0.3, -0.25) is 0 Å². The van der Waals surface area contributed by atoms with Crippen molar-refractivity contribution in [2.75, 3.05) is 26.3 Å². The lowest BCUT2D eigenvalue weighted by Gasteiger charge is -2.18. The van der Waals surface area contributed by atoms with Crippen LogP contribution in [0.3, 0.4) is 0 Å². The van der Waals surface area contributed by atoms with Crippen LogP contribution in [0.1, 0.15) is 42.8 Å². The zero-order valence-electron chi connectivity index (χ0n) is 9.32. The molecule has 1 aromatic rings. The fourth-order valence-corrected chi connectivity index (χ4v) is 2.39. The molecule has 1 N–H and O–H groups in total. The van der Waals surface area contributed by atoms with Gasteiger partial charge in [0.05, 0.1) is 12.5 Å². The molecule has 16 heavy (non-hydrogen) atoms. The van der Waals surface area contributed by atoms with E-state index in [1.54, 1.807) is 0 Å². The number of nitrogens with zero attached hydrogens (tertiary/aromatic N) is 2. The smallest absolute Gasteiger partial charge is 0.232 e. The Bertz CT molecular complexity index is 341. The lowest BCUT2D eigenvalue weighted by atomic mass is 10.0. The second kappa shape index (κ2) is 4.51. The van der Waals surface area contributed by atoms with Crippen LogP contribution in [-0.2, 0) is 4.74 Å². The summed E-state index contributed by atoms with van der Waals surface area (Å²) in [5.74, 6) is 2.37. The fraction of sp³-hybridized carbons (Fsp3) is 0.818. The van der Waals surface area contributed by atoms with E-state index < -0.39 is 0 Å².